The van der Waals surface area contributed by atoms with Crippen LogP contribution in [0.1, 0.15) is 5.71 Å². The van der Waals surface area contributed by atoms with Gasteiger partial charge >= 0.3 is 75.5 Å². The molecular weight excluding hydrogens is 242 g/mol. The molecule has 8 heavy (non-hydrogen) atoms. The van der Waals surface area contributed by atoms with E-state index in [2.05, 4.69) is 0 Å². The zero-order valence-corrected chi connectivity index (χ0v) is 12.5. The monoisotopic (exact) mass is 247 g/mol. The Kier molecular flexibility index (Phi) is 85.9. The van der Waals surface area contributed by atoms with Crippen molar-refractivity contribution in [3.8, 4) is 0 Å². The third-order valence-corrected chi connectivity index (χ3v) is 0. The van der Waals surface area contributed by atoms with E-state index in [1.54, 1.807) is 0 Å². The van der Waals surface area contributed by atoms with Crippen molar-refractivity contribution in [3.63, 3.8) is 0 Å². The molecule has 8 heteroatoms. The molecular formula is H7Ca2O4SZn-. The van der Waals surface area contributed by atoms with Crippen molar-refractivity contribution in [2.45, 2.75) is 0 Å². The Labute approximate surface area is 128 Å². The molecule has 0 saturated carbocycles. The van der Waals surface area contributed by atoms with Crippen LogP contribution in [0, 0.1) is 0 Å². The van der Waals surface area contributed by atoms with Crippen LogP contribution in [0.5, 0.6) is 0 Å². The van der Waals surface area contributed by atoms with Crippen LogP contribution in [0.25, 0.3) is 0 Å². The van der Waals surface area contributed by atoms with Gasteiger partial charge in [-0.1, -0.05) is 0 Å². The molecule has 0 aliphatic carbocycles. The van der Waals surface area contributed by atoms with Crippen LogP contribution >= 0.6 is 0 Å². The fraction of sp³-hybridized carbons (Fsp3) is 0. The molecule has 0 bridgehead atoms. The first-order valence-corrected chi connectivity index (χ1v) is 1.55. The summed E-state index contributed by atoms with van der Waals surface area (Å²) in [5.74, 6) is 0. The molecule has 0 aromatic heterocycles. The summed E-state index contributed by atoms with van der Waals surface area (Å²) in [4.78, 5) is 0. The maximum atomic E-state index is 8.56. The summed E-state index contributed by atoms with van der Waals surface area (Å²) in [5.41, 5.74) is 0. The number of rotatable bonds is 0. The first-order valence-electron chi connectivity index (χ1n) is 0.516. The predicted octanol–water partition coefficient (Wildman–Crippen LogP) is -1.37. The molecule has 0 amide bonds. The molecule has 0 spiro atoms. The van der Waals surface area contributed by atoms with Gasteiger partial charge in [0.1, 0.15) is 0 Å². The second-order valence-electron chi connectivity index (χ2n) is 0.217. The fourth-order valence-electron chi connectivity index (χ4n) is 0. The van der Waals surface area contributed by atoms with E-state index < -0.39 is 11.0 Å². The molecule has 0 aromatic rings. The van der Waals surface area contributed by atoms with Crippen LogP contribution in [0.15, 0.2) is 0 Å². The van der Waals surface area contributed by atoms with Crippen molar-refractivity contribution in [1.82, 2.24) is 0 Å². The smallest absolute Gasteiger partial charge is 1.00 e. The van der Waals surface area contributed by atoms with E-state index in [1.807, 2.05) is 0 Å². The van der Waals surface area contributed by atoms with Crippen molar-refractivity contribution >= 4 is 86.5 Å². The van der Waals surface area contributed by atoms with E-state index in [0.29, 0.717) is 0 Å². The molecule has 0 atom stereocenters. The van der Waals surface area contributed by atoms with E-state index in [-0.39, 0.29) is 106 Å². The number of hydrogen-bond acceptors (Lipinski definition) is 3. The summed E-state index contributed by atoms with van der Waals surface area (Å²) in [6, 6.07) is 0. The normalized spacial score (nSPS) is 4.25. The Morgan fingerprint density at radius 1 is 1.25 bits per heavy atom. The molecule has 44 valence electrons. The minimum absolute atomic E-state index is 0. The van der Waals surface area contributed by atoms with Crippen LogP contribution in [-0.4, -0.2) is 85.5 Å². The van der Waals surface area contributed by atoms with Gasteiger partial charge in [0.25, 0.3) is 0 Å². The summed E-state index contributed by atoms with van der Waals surface area (Å²) in [6.07, 6.45) is 0. The molecule has 0 heterocycles. The topological polar surface area (TPSA) is 85.9 Å². The minimum atomic E-state index is -2.86. The Morgan fingerprint density at radius 3 is 1.25 bits per heavy atom. The van der Waals surface area contributed by atoms with Crippen molar-refractivity contribution in [2.24, 2.45) is 0 Å². The predicted molar refractivity (Wildman–Crippen MR) is 30.9 cm³/mol. The van der Waals surface area contributed by atoms with Gasteiger partial charge in [-0.05, 0) is 0 Å². The van der Waals surface area contributed by atoms with Gasteiger partial charge in [0.2, 0.25) is 0 Å². The Hall–Kier alpha value is 3.01. The van der Waals surface area contributed by atoms with Gasteiger partial charge in [0, 0.05) is 30.5 Å². The average Bonchev–Trinajstić information content (AvgIpc) is 0.811. The molecule has 0 aliphatic rings. The fourth-order valence-corrected chi connectivity index (χ4v) is 0. The van der Waals surface area contributed by atoms with Crippen LogP contribution in [-0.2, 0) is 38.9 Å². The molecule has 0 unspecified atom stereocenters. The zero-order chi connectivity index (χ0) is 3.58. The molecule has 0 rings (SSSR count). The van der Waals surface area contributed by atoms with Gasteiger partial charge in [0.15, 0.2) is 0 Å². The van der Waals surface area contributed by atoms with Crippen LogP contribution in [0.4, 0.5) is 0 Å². The number of hydrogen-bond donors (Lipinski definition) is 1. The van der Waals surface area contributed by atoms with Crippen molar-refractivity contribution in [1.29, 1.82) is 0 Å². The van der Waals surface area contributed by atoms with E-state index in [0.717, 1.165) is 0 Å². The molecule has 3 N–H and O–H groups in total. The molecule has 0 fully saturated rings. The van der Waals surface area contributed by atoms with E-state index >= 15 is 0 Å². The second-order valence-corrected chi connectivity index (χ2v) is 0.651. The standard InChI is InChI=1S/2Ca.HO3S.H2O.Zn.4H/c;;1-4(2)3;;;;;;/h;;(H,1,2,3);1H2;;;;;/q2*+2;-1;;;4*-1. The average molecular weight is 249 g/mol. The zero-order valence-electron chi connectivity index (χ0n) is 8.29. The van der Waals surface area contributed by atoms with Crippen molar-refractivity contribution in [2.75, 3.05) is 0 Å². The minimum Gasteiger partial charge on any atom is -1.00 e. The van der Waals surface area contributed by atoms with Gasteiger partial charge in [0.05, 0.1) is 0 Å². The second kappa shape index (κ2) is 22.5. The third kappa shape index (κ3) is 63.8. The largest absolute Gasteiger partial charge is 2.00 e. The van der Waals surface area contributed by atoms with Crippen molar-refractivity contribution < 1.29 is 43.6 Å². The Bertz CT molecular complexity index is 73.5. The summed E-state index contributed by atoms with van der Waals surface area (Å²) < 4.78 is 24.1. The van der Waals surface area contributed by atoms with Gasteiger partial charge in [-0.3, -0.25) is 0 Å². The van der Waals surface area contributed by atoms with Gasteiger partial charge in [-0.2, -0.15) is 0 Å². The van der Waals surface area contributed by atoms with Crippen LogP contribution < -0.4 is 0 Å². The SMILES string of the molecule is O.O=[S-](=O)O.[Ca+2].[Ca+2].[H-].[H-].[H-].[H-].[Zn]. The molecule has 0 aromatic carbocycles. The van der Waals surface area contributed by atoms with E-state index in [1.165, 1.54) is 0 Å². The first-order chi connectivity index (χ1) is 1.73. The summed E-state index contributed by atoms with van der Waals surface area (Å²) in [5, 5.41) is 0. The summed E-state index contributed by atoms with van der Waals surface area (Å²) >= 11 is 0. The van der Waals surface area contributed by atoms with Crippen molar-refractivity contribution in [3.05, 3.63) is 0 Å². The molecule has 4 nitrogen and oxygen atoms in total. The molecule has 0 saturated heterocycles. The Balaban J connectivity index is -0.00000000161. The third-order valence-electron chi connectivity index (χ3n) is 0. The van der Waals surface area contributed by atoms with Gasteiger partial charge in [-0.25, -0.2) is 0 Å². The van der Waals surface area contributed by atoms with Crippen LogP contribution in [0.3, 0.4) is 0 Å². The quantitative estimate of drug-likeness (QED) is 0.248. The summed E-state index contributed by atoms with van der Waals surface area (Å²) in [7, 11) is -2.86. The summed E-state index contributed by atoms with van der Waals surface area (Å²) in [6.45, 7) is 0. The first kappa shape index (κ1) is 30.5. The van der Waals surface area contributed by atoms with Gasteiger partial charge < -0.3 is 24.2 Å². The van der Waals surface area contributed by atoms with Gasteiger partial charge in [-0.15, -0.1) is 0 Å². The van der Waals surface area contributed by atoms with Crippen LogP contribution in [0.2, 0.25) is 0 Å². The molecule has 0 radical (unpaired) electrons. The van der Waals surface area contributed by atoms with E-state index in [4.69, 9.17) is 13.0 Å². The molecule has 0 aliphatic heterocycles. The maximum absolute atomic E-state index is 8.56. The Morgan fingerprint density at radius 2 is 1.25 bits per heavy atom. The van der Waals surface area contributed by atoms with E-state index in [9.17, 15) is 0 Å². The maximum Gasteiger partial charge on any atom is 2.00 e.